The molecule has 0 spiro atoms. The Morgan fingerprint density at radius 3 is 2.22 bits per heavy atom. The average molecular weight is 370 g/mol. The third kappa shape index (κ3) is 4.67. The summed E-state index contributed by atoms with van der Waals surface area (Å²) in [5.41, 5.74) is 2.31. The zero-order valence-corrected chi connectivity index (χ0v) is 14.5. The van der Waals surface area contributed by atoms with Crippen LogP contribution in [-0.2, 0) is 6.18 Å². The van der Waals surface area contributed by atoms with Crippen molar-refractivity contribution in [3.05, 3.63) is 89.5 Å². The number of carbonyl (C=O) groups excluding carboxylic acids is 1. The maximum Gasteiger partial charge on any atom is 0.416 e. The summed E-state index contributed by atoms with van der Waals surface area (Å²) in [6, 6.07) is 18.9. The molecule has 0 aromatic heterocycles. The van der Waals surface area contributed by atoms with E-state index < -0.39 is 11.7 Å². The van der Waals surface area contributed by atoms with Crippen LogP contribution < -0.4 is 10.6 Å². The van der Waals surface area contributed by atoms with Crippen LogP contribution in [-0.4, -0.2) is 5.91 Å². The Kier molecular flexibility index (Phi) is 5.16. The summed E-state index contributed by atoms with van der Waals surface area (Å²) in [6.45, 7) is 1.93. The van der Waals surface area contributed by atoms with E-state index in [2.05, 4.69) is 10.6 Å². The molecule has 0 radical (unpaired) electrons. The van der Waals surface area contributed by atoms with Crippen molar-refractivity contribution in [1.29, 1.82) is 0 Å². The molecule has 0 aliphatic rings. The second-order valence-electron chi connectivity index (χ2n) is 6.07. The van der Waals surface area contributed by atoms with E-state index in [0.717, 1.165) is 17.7 Å². The first-order chi connectivity index (χ1) is 12.8. The van der Waals surface area contributed by atoms with E-state index in [4.69, 9.17) is 0 Å². The molecule has 0 bridgehead atoms. The van der Waals surface area contributed by atoms with Crippen LogP contribution in [0.3, 0.4) is 0 Å². The van der Waals surface area contributed by atoms with Crippen molar-refractivity contribution in [3.63, 3.8) is 0 Å². The lowest BCUT2D eigenvalue weighted by Gasteiger charge is -2.13. The number of rotatable bonds is 4. The molecule has 3 rings (SSSR count). The number of para-hydroxylation sites is 1. The SMILES string of the molecule is Cc1cccc(NC(=O)c2ccccc2Nc2ccc(C(F)(F)F)cc2)c1. The molecule has 0 saturated carbocycles. The monoisotopic (exact) mass is 370 g/mol. The van der Waals surface area contributed by atoms with Crippen LogP contribution in [0.5, 0.6) is 0 Å². The van der Waals surface area contributed by atoms with Crippen LogP contribution in [0.1, 0.15) is 21.5 Å². The molecule has 3 aromatic rings. The molecular weight excluding hydrogens is 353 g/mol. The lowest BCUT2D eigenvalue weighted by molar-refractivity contribution is -0.137. The Morgan fingerprint density at radius 1 is 0.852 bits per heavy atom. The fourth-order valence-corrected chi connectivity index (χ4v) is 2.61. The number of carbonyl (C=O) groups is 1. The number of aryl methyl sites for hydroxylation is 1. The Labute approximate surface area is 154 Å². The number of halogens is 3. The van der Waals surface area contributed by atoms with Crippen molar-refractivity contribution in [1.82, 2.24) is 0 Å². The second-order valence-corrected chi connectivity index (χ2v) is 6.07. The summed E-state index contributed by atoms with van der Waals surface area (Å²) in [4.78, 5) is 12.6. The van der Waals surface area contributed by atoms with Gasteiger partial charge in [0.15, 0.2) is 0 Å². The number of benzene rings is 3. The van der Waals surface area contributed by atoms with E-state index in [1.54, 1.807) is 30.3 Å². The first-order valence-electron chi connectivity index (χ1n) is 8.24. The molecule has 0 saturated heterocycles. The maximum absolute atomic E-state index is 12.7. The highest BCUT2D eigenvalue weighted by atomic mass is 19.4. The molecule has 3 aromatic carbocycles. The zero-order chi connectivity index (χ0) is 19.4. The normalized spacial score (nSPS) is 11.1. The van der Waals surface area contributed by atoms with E-state index in [0.29, 0.717) is 22.6 Å². The minimum atomic E-state index is -4.38. The summed E-state index contributed by atoms with van der Waals surface area (Å²) in [7, 11) is 0. The van der Waals surface area contributed by atoms with Crippen LogP contribution in [0.25, 0.3) is 0 Å². The van der Waals surface area contributed by atoms with Gasteiger partial charge in [0, 0.05) is 11.4 Å². The van der Waals surface area contributed by atoms with Gasteiger partial charge in [-0.2, -0.15) is 13.2 Å². The summed E-state index contributed by atoms with van der Waals surface area (Å²) in [5, 5.41) is 5.83. The molecule has 0 fully saturated rings. The average Bonchev–Trinajstić information content (AvgIpc) is 2.62. The maximum atomic E-state index is 12.7. The minimum absolute atomic E-state index is 0.310. The number of anilines is 3. The van der Waals surface area contributed by atoms with Gasteiger partial charge in [0.1, 0.15) is 0 Å². The van der Waals surface area contributed by atoms with Gasteiger partial charge in [-0.3, -0.25) is 4.79 Å². The molecular formula is C21H17F3N2O. The van der Waals surface area contributed by atoms with Gasteiger partial charge in [0.05, 0.1) is 16.8 Å². The molecule has 27 heavy (non-hydrogen) atoms. The van der Waals surface area contributed by atoms with E-state index in [1.165, 1.54) is 12.1 Å². The van der Waals surface area contributed by atoms with Gasteiger partial charge >= 0.3 is 6.18 Å². The number of hydrogen-bond donors (Lipinski definition) is 2. The molecule has 0 aliphatic heterocycles. The molecule has 1 amide bonds. The molecule has 2 N–H and O–H groups in total. The molecule has 0 atom stereocenters. The molecule has 6 heteroatoms. The topological polar surface area (TPSA) is 41.1 Å². The Hall–Kier alpha value is -3.28. The number of nitrogens with one attached hydrogen (secondary N) is 2. The van der Waals surface area contributed by atoms with Crippen molar-refractivity contribution in [2.45, 2.75) is 13.1 Å². The molecule has 3 nitrogen and oxygen atoms in total. The Bertz CT molecular complexity index is 950. The smallest absolute Gasteiger partial charge is 0.355 e. The fourth-order valence-electron chi connectivity index (χ4n) is 2.61. The summed E-state index contributed by atoms with van der Waals surface area (Å²) in [5.74, 6) is -0.310. The van der Waals surface area contributed by atoms with Crippen LogP contribution in [0.4, 0.5) is 30.2 Å². The van der Waals surface area contributed by atoms with Gasteiger partial charge in [-0.1, -0.05) is 24.3 Å². The summed E-state index contributed by atoms with van der Waals surface area (Å²) >= 11 is 0. The summed E-state index contributed by atoms with van der Waals surface area (Å²) in [6.07, 6.45) is -4.38. The van der Waals surface area contributed by atoms with Crippen molar-refractivity contribution < 1.29 is 18.0 Å². The first-order valence-corrected chi connectivity index (χ1v) is 8.24. The highest BCUT2D eigenvalue weighted by Crippen LogP contribution is 2.30. The van der Waals surface area contributed by atoms with E-state index in [-0.39, 0.29) is 5.91 Å². The van der Waals surface area contributed by atoms with Crippen molar-refractivity contribution in [2.75, 3.05) is 10.6 Å². The highest BCUT2D eigenvalue weighted by molar-refractivity contribution is 6.08. The van der Waals surface area contributed by atoms with Crippen molar-refractivity contribution in [2.24, 2.45) is 0 Å². The van der Waals surface area contributed by atoms with E-state index in [9.17, 15) is 18.0 Å². The zero-order valence-electron chi connectivity index (χ0n) is 14.5. The van der Waals surface area contributed by atoms with Gasteiger partial charge in [-0.25, -0.2) is 0 Å². The number of alkyl halides is 3. The highest BCUT2D eigenvalue weighted by Gasteiger charge is 2.29. The molecule has 0 heterocycles. The molecule has 0 aliphatic carbocycles. The predicted octanol–water partition coefficient (Wildman–Crippen LogP) is 6.01. The third-order valence-corrected chi connectivity index (χ3v) is 3.94. The fraction of sp³-hybridized carbons (Fsp3) is 0.0952. The number of hydrogen-bond acceptors (Lipinski definition) is 2. The van der Waals surface area contributed by atoms with Gasteiger partial charge < -0.3 is 10.6 Å². The molecule has 138 valence electrons. The number of amides is 1. The van der Waals surface area contributed by atoms with Crippen LogP contribution >= 0.6 is 0 Å². The van der Waals surface area contributed by atoms with Gasteiger partial charge in [-0.05, 0) is 61.0 Å². The van der Waals surface area contributed by atoms with Gasteiger partial charge in [0.2, 0.25) is 0 Å². The second kappa shape index (κ2) is 7.53. The Morgan fingerprint density at radius 2 is 1.56 bits per heavy atom. The largest absolute Gasteiger partial charge is 0.416 e. The minimum Gasteiger partial charge on any atom is -0.355 e. The molecule has 0 unspecified atom stereocenters. The lowest BCUT2D eigenvalue weighted by Crippen LogP contribution is -2.14. The summed E-state index contributed by atoms with van der Waals surface area (Å²) < 4.78 is 38.0. The van der Waals surface area contributed by atoms with Crippen molar-refractivity contribution >= 4 is 23.0 Å². The van der Waals surface area contributed by atoms with E-state index in [1.807, 2.05) is 25.1 Å². The van der Waals surface area contributed by atoms with Gasteiger partial charge in [-0.15, -0.1) is 0 Å². The van der Waals surface area contributed by atoms with Crippen LogP contribution in [0.15, 0.2) is 72.8 Å². The van der Waals surface area contributed by atoms with Crippen LogP contribution in [0.2, 0.25) is 0 Å². The van der Waals surface area contributed by atoms with Gasteiger partial charge in [0.25, 0.3) is 5.91 Å². The van der Waals surface area contributed by atoms with Crippen molar-refractivity contribution in [3.8, 4) is 0 Å². The lowest BCUT2D eigenvalue weighted by atomic mass is 10.1. The van der Waals surface area contributed by atoms with Crippen LogP contribution in [0, 0.1) is 6.92 Å². The standard InChI is InChI=1S/C21H17F3N2O/c1-14-5-4-6-17(13-14)26-20(27)18-7-2-3-8-19(18)25-16-11-9-15(10-12-16)21(22,23)24/h2-13,25H,1H3,(H,26,27). The van der Waals surface area contributed by atoms with E-state index >= 15 is 0 Å². The third-order valence-electron chi connectivity index (χ3n) is 3.94. The first kappa shape index (κ1) is 18.5. The Balaban J connectivity index is 1.80. The quantitative estimate of drug-likeness (QED) is 0.590. The predicted molar refractivity (Wildman–Crippen MR) is 100 cm³/mol.